The van der Waals surface area contributed by atoms with Crippen LogP contribution in [0.15, 0.2) is 0 Å². The van der Waals surface area contributed by atoms with Gasteiger partial charge in [0.2, 0.25) is 0 Å². The Bertz CT molecular complexity index is 37.0. The molecule has 0 aromatic carbocycles. The van der Waals surface area contributed by atoms with E-state index in [1.165, 1.54) is 0 Å². The molecule has 4 nitrogen and oxygen atoms in total. The van der Waals surface area contributed by atoms with Gasteiger partial charge < -0.3 is 15.7 Å². The van der Waals surface area contributed by atoms with Gasteiger partial charge in [0.1, 0.15) is 0 Å². The van der Waals surface area contributed by atoms with Crippen LogP contribution in [0.5, 0.6) is 0 Å². The summed E-state index contributed by atoms with van der Waals surface area (Å²) < 4.78 is 0. The Morgan fingerprint density at radius 2 is 1.12 bits per heavy atom. The summed E-state index contributed by atoms with van der Waals surface area (Å²) in [5.74, 6) is 0. The minimum absolute atomic E-state index is 0. The van der Waals surface area contributed by atoms with Gasteiger partial charge in [0.05, 0.1) is 0 Å². The molecule has 4 N–H and O–H groups in total. The SMILES string of the molecule is O.O=C(O)O.[MgH2].[MgH2].[NaH]. The van der Waals surface area contributed by atoms with Crippen molar-refractivity contribution >= 4 is 81.8 Å². The first-order valence-corrected chi connectivity index (χ1v) is 0.651. The third kappa shape index (κ3) is 114. The van der Waals surface area contributed by atoms with Crippen molar-refractivity contribution < 1.29 is 20.5 Å². The molecule has 0 aliphatic carbocycles. The fourth-order valence-corrected chi connectivity index (χ4v) is 0. The zero-order valence-corrected chi connectivity index (χ0v) is 2.30. The molecular weight excluding hydrogens is 148 g/mol. The standard InChI is InChI=1S/CH2O3.2Mg.Na.H2O.5H/c2-1(3)4;;;;;;;;;/h(H2,2,3,4);;;;1H2;;;;;. The second-order valence-corrected chi connectivity index (χ2v) is 0.283. The first-order chi connectivity index (χ1) is 1.73. The van der Waals surface area contributed by atoms with Gasteiger partial charge in [-0.15, -0.1) is 0 Å². The molecule has 42 valence electrons. The van der Waals surface area contributed by atoms with E-state index in [0.717, 1.165) is 0 Å². The summed E-state index contributed by atoms with van der Waals surface area (Å²) in [5.41, 5.74) is 0. The molecule has 0 rings (SSSR count). The maximum atomic E-state index is 8.56. The van der Waals surface area contributed by atoms with E-state index in [0.29, 0.717) is 0 Å². The van der Waals surface area contributed by atoms with E-state index in [1.54, 1.807) is 0 Å². The van der Waals surface area contributed by atoms with E-state index in [4.69, 9.17) is 15.0 Å². The molecule has 0 aromatic rings. The summed E-state index contributed by atoms with van der Waals surface area (Å²) in [6, 6.07) is 0. The number of hydrogen-bond donors (Lipinski definition) is 2. The average molecular weight is 157 g/mol. The molecule has 0 aliphatic rings. The first kappa shape index (κ1) is 33.0. The molecule has 0 bridgehead atoms. The van der Waals surface area contributed by atoms with Crippen LogP contribution >= 0.6 is 0 Å². The Morgan fingerprint density at radius 1 is 1.12 bits per heavy atom. The van der Waals surface area contributed by atoms with Crippen LogP contribution in [-0.2, 0) is 0 Å². The molecule has 0 saturated carbocycles. The predicted octanol–water partition coefficient (Wildman–Crippen LogP) is -3.08. The Kier molecular flexibility index (Phi) is 96.2. The van der Waals surface area contributed by atoms with Crippen LogP contribution in [-0.4, -0.2) is 97.5 Å². The van der Waals surface area contributed by atoms with E-state index in [9.17, 15) is 0 Å². The number of carbonyl (C=O) groups is 1. The minimum atomic E-state index is -1.83. The Hall–Kier alpha value is 1.76. The molecule has 0 unspecified atom stereocenters. The predicted molar refractivity (Wildman–Crippen MR) is 38.5 cm³/mol. The van der Waals surface area contributed by atoms with Gasteiger partial charge in [0, 0.05) is 0 Å². The van der Waals surface area contributed by atoms with Gasteiger partial charge in [-0.05, 0) is 0 Å². The molecule has 0 heterocycles. The monoisotopic (exact) mass is 156 g/mol. The normalized spacial score (nSPS) is 3.00. The van der Waals surface area contributed by atoms with Crippen LogP contribution < -0.4 is 0 Å². The van der Waals surface area contributed by atoms with Crippen LogP contribution in [0.1, 0.15) is 0 Å². The van der Waals surface area contributed by atoms with Gasteiger partial charge in [-0.2, -0.15) is 0 Å². The maximum absolute atomic E-state index is 8.56. The Balaban J connectivity index is -0.00000000750. The molecule has 0 aliphatic heterocycles. The van der Waals surface area contributed by atoms with Crippen molar-refractivity contribution in [1.82, 2.24) is 0 Å². The van der Waals surface area contributed by atoms with Crippen molar-refractivity contribution in [3.8, 4) is 0 Å². The van der Waals surface area contributed by atoms with Crippen LogP contribution in [0.4, 0.5) is 4.79 Å². The fraction of sp³-hybridized carbons (Fsp3) is 0. The molecule has 8 heavy (non-hydrogen) atoms. The van der Waals surface area contributed by atoms with Crippen LogP contribution in [0.3, 0.4) is 0 Å². The molecule has 0 aromatic heterocycles. The quantitative estimate of drug-likeness (QED) is 0.365. The van der Waals surface area contributed by atoms with Gasteiger partial charge in [-0.25, -0.2) is 4.79 Å². The molecular formula is CH9Mg2NaO4. The van der Waals surface area contributed by atoms with Crippen molar-refractivity contribution in [2.75, 3.05) is 0 Å². The third-order valence-corrected chi connectivity index (χ3v) is 0. The van der Waals surface area contributed by atoms with Gasteiger partial charge >= 0.3 is 81.8 Å². The van der Waals surface area contributed by atoms with Crippen molar-refractivity contribution in [2.45, 2.75) is 0 Å². The Morgan fingerprint density at radius 3 is 1.12 bits per heavy atom. The molecule has 0 spiro atoms. The molecule has 0 atom stereocenters. The zero-order chi connectivity index (χ0) is 3.58. The van der Waals surface area contributed by atoms with E-state index >= 15 is 0 Å². The van der Waals surface area contributed by atoms with E-state index < -0.39 is 6.16 Å². The van der Waals surface area contributed by atoms with Gasteiger partial charge in [-0.1, -0.05) is 0 Å². The van der Waals surface area contributed by atoms with E-state index in [1.807, 2.05) is 0 Å². The molecule has 0 amide bonds. The second kappa shape index (κ2) is 23.3. The summed E-state index contributed by atoms with van der Waals surface area (Å²) in [5, 5.41) is 13.9. The van der Waals surface area contributed by atoms with Gasteiger partial charge in [-0.3, -0.25) is 0 Å². The Labute approximate surface area is 101 Å². The number of carboxylic acid groups (broad SMARTS) is 2. The first-order valence-electron chi connectivity index (χ1n) is 0.651. The summed E-state index contributed by atoms with van der Waals surface area (Å²) in [6.45, 7) is 0. The van der Waals surface area contributed by atoms with Crippen LogP contribution in [0.2, 0.25) is 0 Å². The van der Waals surface area contributed by atoms with E-state index in [2.05, 4.69) is 0 Å². The molecule has 7 heteroatoms. The zero-order valence-electron chi connectivity index (χ0n) is 2.30. The van der Waals surface area contributed by atoms with Crippen molar-refractivity contribution in [1.29, 1.82) is 0 Å². The van der Waals surface area contributed by atoms with Crippen molar-refractivity contribution in [3.63, 3.8) is 0 Å². The molecule has 0 saturated heterocycles. The number of rotatable bonds is 0. The number of hydrogen-bond acceptors (Lipinski definition) is 1. The third-order valence-electron chi connectivity index (χ3n) is 0. The summed E-state index contributed by atoms with van der Waals surface area (Å²) in [7, 11) is 0. The average Bonchev–Trinajstić information content (AvgIpc) is 0.811. The topological polar surface area (TPSA) is 89.0 Å². The van der Waals surface area contributed by atoms with Crippen LogP contribution in [0, 0.1) is 0 Å². The fourth-order valence-electron chi connectivity index (χ4n) is 0. The summed E-state index contributed by atoms with van der Waals surface area (Å²) >= 11 is 0. The van der Waals surface area contributed by atoms with Crippen molar-refractivity contribution in [3.05, 3.63) is 0 Å². The summed E-state index contributed by atoms with van der Waals surface area (Å²) in [6.07, 6.45) is -1.83. The van der Waals surface area contributed by atoms with Crippen molar-refractivity contribution in [2.24, 2.45) is 0 Å². The second-order valence-electron chi connectivity index (χ2n) is 0.283. The van der Waals surface area contributed by atoms with Gasteiger partial charge in [0.25, 0.3) is 0 Å². The van der Waals surface area contributed by atoms with E-state index in [-0.39, 0.29) is 81.1 Å². The summed E-state index contributed by atoms with van der Waals surface area (Å²) in [4.78, 5) is 8.56. The molecule has 0 fully saturated rings. The van der Waals surface area contributed by atoms with Crippen LogP contribution in [0.25, 0.3) is 0 Å². The molecule has 0 radical (unpaired) electrons. The van der Waals surface area contributed by atoms with Gasteiger partial charge in [0.15, 0.2) is 0 Å².